The molecule has 140 valence electrons. The molecule has 3 rings (SSSR count). The first kappa shape index (κ1) is 19.2. The summed E-state index contributed by atoms with van der Waals surface area (Å²) in [5, 5.41) is 0. The Kier molecular flexibility index (Phi) is 6.64. The maximum Gasteiger partial charge on any atom is 0.343 e. The van der Waals surface area contributed by atoms with Crippen LogP contribution in [-0.4, -0.2) is 5.97 Å². The van der Waals surface area contributed by atoms with Gasteiger partial charge in [0.1, 0.15) is 5.75 Å². The van der Waals surface area contributed by atoms with Crippen molar-refractivity contribution in [3.8, 4) is 5.75 Å². The van der Waals surface area contributed by atoms with Crippen LogP contribution in [0, 0.1) is 5.92 Å². The number of benzene rings is 2. The lowest BCUT2D eigenvalue weighted by atomic mass is 9.77. The van der Waals surface area contributed by atoms with Crippen molar-refractivity contribution in [2.45, 2.75) is 44.4 Å². The summed E-state index contributed by atoms with van der Waals surface area (Å²) in [4.78, 5) is 12.4. The molecule has 2 aromatic carbocycles. The third-order valence-corrected chi connectivity index (χ3v) is 5.48. The topological polar surface area (TPSA) is 26.3 Å². The molecule has 0 N–H and O–H groups in total. The van der Waals surface area contributed by atoms with Gasteiger partial charge in [-0.15, -0.1) is 13.2 Å². The molecule has 2 aromatic rings. The second-order valence-corrected chi connectivity index (χ2v) is 7.39. The summed E-state index contributed by atoms with van der Waals surface area (Å²) in [7, 11) is 0. The largest absolute Gasteiger partial charge is 0.423 e. The number of allylic oxidation sites excluding steroid dienone is 2. The summed E-state index contributed by atoms with van der Waals surface area (Å²) >= 11 is 0. The summed E-state index contributed by atoms with van der Waals surface area (Å²) in [6, 6.07) is 15.5. The average Bonchev–Trinajstić information content (AvgIpc) is 2.71. The third-order valence-electron chi connectivity index (χ3n) is 5.48. The van der Waals surface area contributed by atoms with Crippen molar-refractivity contribution in [1.29, 1.82) is 0 Å². The summed E-state index contributed by atoms with van der Waals surface area (Å²) in [6.07, 6.45) is 10.8. The standard InChI is InChI=1S/C25H28O2/c1-3-5-19-7-11-21(12-8-19)22-13-15-23(16-14-22)25(26)27-24-17-9-20(6-4-2)10-18-24/h3-4,9-10,13-19,21H,1-2,5-8,11-12H2. The van der Waals surface area contributed by atoms with Gasteiger partial charge in [0.2, 0.25) is 0 Å². The molecular formula is C25H28O2. The van der Waals surface area contributed by atoms with Gasteiger partial charge in [0, 0.05) is 0 Å². The molecule has 1 saturated carbocycles. The Morgan fingerprint density at radius 1 is 0.926 bits per heavy atom. The smallest absolute Gasteiger partial charge is 0.343 e. The Bertz CT molecular complexity index is 763. The van der Waals surface area contributed by atoms with Crippen molar-refractivity contribution >= 4 is 5.97 Å². The molecule has 0 saturated heterocycles. The van der Waals surface area contributed by atoms with Gasteiger partial charge in [0.05, 0.1) is 5.56 Å². The Morgan fingerprint density at radius 3 is 2.19 bits per heavy atom. The fourth-order valence-electron chi connectivity index (χ4n) is 3.88. The second kappa shape index (κ2) is 9.36. The van der Waals surface area contributed by atoms with Gasteiger partial charge in [-0.1, -0.05) is 36.4 Å². The molecule has 0 atom stereocenters. The van der Waals surface area contributed by atoms with Gasteiger partial charge in [0.25, 0.3) is 0 Å². The molecule has 0 unspecified atom stereocenters. The summed E-state index contributed by atoms with van der Waals surface area (Å²) in [5.41, 5.74) is 3.07. The number of carbonyl (C=O) groups excluding carboxylic acids is 1. The number of hydrogen-bond acceptors (Lipinski definition) is 2. The maximum atomic E-state index is 12.4. The van der Waals surface area contributed by atoms with E-state index in [4.69, 9.17) is 4.74 Å². The molecule has 27 heavy (non-hydrogen) atoms. The van der Waals surface area contributed by atoms with Gasteiger partial charge in [-0.05, 0) is 85.8 Å². The number of rotatable bonds is 7. The Labute approximate surface area is 162 Å². The normalized spacial score (nSPS) is 19.3. The van der Waals surface area contributed by atoms with Crippen molar-refractivity contribution in [2.24, 2.45) is 5.92 Å². The Hall–Kier alpha value is -2.61. The van der Waals surface area contributed by atoms with E-state index in [0.717, 1.165) is 24.3 Å². The first-order chi connectivity index (χ1) is 13.2. The van der Waals surface area contributed by atoms with Gasteiger partial charge >= 0.3 is 5.97 Å². The molecule has 2 heteroatoms. The molecule has 2 nitrogen and oxygen atoms in total. The highest BCUT2D eigenvalue weighted by molar-refractivity contribution is 5.91. The van der Waals surface area contributed by atoms with Crippen molar-refractivity contribution in [3.05, 3.63) is 90.5 Å². The van der Waals surface area contributed by atoms with Gasteiger partial charge in [-0.25, -0.2) is 4.79 Å². The van der Waals surface area contributed by atoms with E-state index in [1.165, 1.54) is 31.2 Å². The highest BCUT2D eigenvalue weighted by Crippen LogP contribution is 2.37. The minimum atomic E-state index is -0.312. The fourth-order valence-corrected chi connectivity index (χ4v) is 3.88. The molecule has 0 amide bonds. The van der Waals surface area contributed by atoms with E-state index < -0.39 is 0 Å². The molecule has 1 fully saturated rings. The van der Waals surface area contributed by atoms with Crippen LogP contribution < -0.4 is 4.74 Å². The van der Waals surface area contributed by atoms with Crippen LogP contribution in [-0.2, 0) is 6.42 Å². The summed E-state index contributed by atoms with van der Waals surface area (Å²) < 4.78 is 5.49. The highest BCUT2D eigenvalue weighted by Gasteiger charge is 2.21. The molecule has 0 spiro atoms. The lowest BCUT2D eigenvalue weighted by molar-refractivity contribution is 0.0734. The van der Waals surface area contributed by atoms with Crippen LogP contribution in [0.1, 0.15) is 59.5 Å². The van der Waals surface area contributed by atoms with E-state index in [-0.39, 0.29) is 5.97 Å². The molecule has 0 aliphatic heterocycles. The van der Waals surface area contributed by atoms with Crippen LogP contribution in [0.15, 0.2) is 73.8 Å². The van der Waals surface area contributed by atoms with Gasteiger partial charge in [0.15, 0.2) is 0 Å². The molecule has 0 aromatic heterocycles. The van der Waals surface area contributed by atoms with E-state index in [2.05, 4.69) is 25.3 Å². The predicted octanol–water partition coefficient (Wildman–Crippen LogP) is 6.48. The Balaban J connectivity index is 1.57. The SMILES string of the molecule is C=CCc1ccc(OC(=O)c2ccc(C3CCC(CC=C)CC3)cc2)cc1. The Morgan fingerprint density at radius 2 is 1.59 bits per heavy atom. The molecular weight excluding hydrogens is 332 g/mol. The van der Waals surface area contributed by atoms with Crippen LogP contribution in [0.3, 0.4) is 0 Å². The number of carbonyl (C=O) groups is 1. The number of hydrogen-bond donors (Lipinski definition) is 0. The highest BCUT2D eigenvalue weighted by atomic mass is 16.5. The average molecular weight is 360 g/mol. The zero-order valence-electron chi connectivity index (χ0n) is 15.9. The minimum absolute atomic E-state index is 0.312. The first-order valence-corrected chi connectivity index (χ1v) is 9.82. The third kappa shape index (κ3) is 5.19. The molecule has 0 heterocycles. The van der Waals surface area contributed by atoms with Crippen molar-refractivity contribution in [2.75, 3.05) is 0 Å². The molecule has 1 aliphatic rings. The van der Waals surface area contributed by atoms with Crippen molar-refractivity contribution in [3.63, 3.8) is 0 Å². The van der Waals surface area contributed by atoms with Crippen molar-refractivity contribution in [1.82, 2.24) is 0 Å². The zero-order chi connectivity index (χ0) is 19.1. The van der Waals surface area contributed by atoms with E-state index in [1.807, 2.05) is 48.6 Å². The van der Waals surface area contributed by atoms with Crippen LogP contribution in [0.5, 0.6) is 5.75 Å². The monoisotopic (exact) mass is 360 g/mol. The van der Waals surface area contributed by atoms with E-state index in [1.54, 1.807) is 0 Å². The van der Waals surface area contributed by atoms with E-state index in [0.29, 0.717) is 17.2 Å². The molecule has 0 bridgehead atoms. The van der Waals surface area contributed by atoms with Crippen LogP contribution in [0.25, 0.3) is 0 Å². The predicted molar refractivity (Wildman–Crippen MR) is 111 cm³/mol. The van der Waals surface area contributed by atoms with Gasteiger partial charge < -0.3 is 4.74 Å². The molecule has 0 radical (unpaired) electrons. The lowest BCUT2D eigenvalue weighted by Crippen LogP contribution is -2.13. The molecule has 1 aliphatic carbocycles. The zero-order valence-corrected chi connectivity index (χ0v) is 15.9. The second-order valence-electron chi connectivity index (χ2n) is 7.39. The van der Waals surface area contributed by atoms with Gasteiger partial charge in [-0.2, -0.15) is 0 Å². The number of esters is 1. The number of ether oxygens (including phenoxy) is 1. The van der Waals surface area contributed by atoms with Crippen LogP contribution >= 0.6 is 0 Å². The van der Waals surface area contributed by atoms with Gasteiger partial charge in [-0.3, -0.25) is 0 Å². The van der Waals surface area contributed by atoms with Crippen LogP contribution in [0.4, 0.5) is 0 Å². The van der Waals surface area contributed by atoms with Crippen LogP contribution in [0.2, 0.25) is 0 Å². The van der Waals surface area contributed by atoms with Crippen molar-refractivity contribution < 1.29 is 9.53 Å². The maximum absolute atomic E-state index is 12.4. The van der Waals surface area contributed by atoms with E-state index in [9.17, 15) is 4.79 Å². The summed E-state index contributed by atoms with van der Waals surface area (Å²) in [5.74, 6) is 1.66. The fraction of sp³-hybridized carbons (Fsp3) is 0.320. The lowest BCUT2D eigenvalue weighted by Gasteiger charge is -2.28. The summed E-state index contributed by atoms with van der Waals surface area (Å²) in [6.45, 7) is 7.58. The first-order valence-electron chi connectivity index (χ1n) is 9.82. The minimum Gasteiger partial charge on any atom is -0.423 e. The quantitative estimate of drug-likeness (QED) is 0.321. The van der Waals surface area contributed by atoms with E-state index >= 15 is 0 Å².